The minimum absolute atomic E-state index is 0.557. The molecule has 2 aliphatic heterocycles. The van der Waals surface area contributed by atoms with Crippen molar-refractivity contribution < 1.29 is 14.7 Å². The molecule has 0 spiro atoms. The number of hydrogen-bond donors (Lipinski definition) is 2. The number of amides is 1. The summed E-state index contributed by atoms with van der Waals surface area (Å²) in [7, 11) is 0. The number of carbonyl (C=O) groups is 2. The molecule has 5 heteroatoms. The van der Waals surface area contributed by atoms with Gasteiger partial charge in [0.2, 0.25) is 0 Å². The summed E-state index contributed by atoms with van der Waals surface area (Å²) in [6.07, 6.45) is 2.20. The standard InChI is InChI=1S/C9H10N2O3/c12-8-6(9(13)14)3-5-4-10-2-1-7(5)11-8/h3,6,10H,1-2,4H2,(H,13,14). The van der Waals surface area contributed by atoms with Gasteiger partial charge in [-0.1, -0.05) is 6.08 Å². The number of piperidine rings is 1. The van der Waals surface area contributed by atoms with Crippen molar-refractivity contribution in [2.75, 3.05) is 13.1 Å². The van der Waals surface area contributed by atoms with Crippen molar-refractivity contribution in [3.8, 4) is 0 Å². The Bertz CT molecular complexity index is 357. The molecule has 0 bridgehead atoms. The number of dihydropyridines is 1. The number of hydrogen-bond acceptors (Lipinski definition) is 3. The normalized spacial score (nSPS) is 26.3. The van der Waals surface area contributed by atoms with Crippen molar-refractivity contribution in [3.05, 3.63) is 11.6 Å². The summed E-state index contributed by atoms with van der Waals surface area (Å²) in [5.74, 6) is -2.78. The largest absolute Gasteiger partial charge is 0.480 e. The molecule has 0 aromatic carbocycles. The smallest absolute Gasteiger partial charge is 0.320 e. The third-order valence-electron chi connectivity index (χ3n) is 2.37. The first-order valence-corrected chi connectivity index (χ1v) is 4.44. The van der Waals surface area contributed by atoms with E-state index in [0.717, 1.165) is 17.8 Å². The average molecular weight is 194 g/mol. The van der Waals surface area contributed by atoms with Crippen LogP contribution in [0.5, 0.6) is 0 Å². The van der Waals surface area contributed by atoms with Crippen LogP contribution in [0.1, 0.15) is 6.42 Å². The molecule has 2 aliphatic rings. The molecule has 2 heterocycles. The molecule has 0 aromatic rings. The van der Waals surface area contributed by atoms with E-state index in [4.69, 9.17) is 5.11 Å². The number of rotatable bonds is 1. The lowest BCUT2D eigenvalue weighted by Crippen LogP contribution is -2.36. The van der Waals surface area contributed by atoms with Gasteiger partial charge in [-0.15, -0.1) is 0 Å². The number of carbonyl (C=O) groups excluding carboxylic acids is 1. The van der Waals surface area contributed by atoms with E-state index in [0.29, 0.717) is 13.0 Å². The Kier molecular flexibility index (Phi) is 2.17. The Labute approximate surface area is 80.5 Å². The van der Waals surface area contributed by atoms with E-state index in [9.17, 15) is 9.59 Å². The number of nitrogens with zero attached hydrogens (tertiary/aromatic N) is 1. The van der Waals surface area contributed by atoms with Crippen LogP contribution in [0.15, 0.2) is 16.6 Å². The molecular weight excluding hydrogens is 184 g/mol. The third kappa shape index (κ3) is 1.46. The van der Waals surface area contributed by atoms with Gasteiger partial charge in [0, 0.05) is 25.2 Å². The SMILES string of the molecule is O=C(O)C1C=C2CNCCC2=NC1=O. The van der Waals surface area contributed by atoms with Crippen molar-refractivity contribution in [1.82, 2.24) is 5.32 Å². The zero-order valence-corrected chi connectivity index (χ0v) is 7.49. The first-order chi connectivity index (χ1) is 6.68. The average Bonchev–Trinajstić information content (AvgIpc) is 2.16. The van der Waals surface area contributed by atoms with Crippen LogP contribution in [-0.2, 0) is 9.59 Å². The van der Waals surface area contributed by atoms with Crippen LogP contribution in [0.2, 0.25) is 0 Å². The Morgan fingerprint density at radius 2 is 2.43 bits per heavy atom. The third-order valence-corrected chi connectivity index (χ3v) is 2.37. The number of aliphatic imine (C=N–C) groups is 1. The monoisotopic (exact) mass is 194 g/mol. The highest BCUT2D eigenvalue weighted by Crippen LogP contribution is 2.18. The summed E-state index contributed by atoms with van der Waals surface area (Å²) < 4.78 is 0. The molecule has 14 heavy (non-hydrogen) atoms. The Morgan fingerprint density at radius 1 is 1.64 bits per heavy atom. The second kappa shape index (κ2) is 3.34. The summed E-state index contributed by atoms with van der Waals surface area (Å²) in [5, 5.41) is 11.8. The lowest BCUT2D eigenvalue weighted by atomic mass is 9.94. The molecule has 74 valence electrons. The second-order valence-corrected chi connectivity index (χ2v) is 3.33. The summed E-state index contributed by atoms with van der Waals surface area (Å²) in [4.78, 5) is 25.7. The van der Waals surface area contributed by atoms with Gasteiger partial charge in [-0.3, -0.25) is 9.59 Å². The van der Waals surface area contributed by atoms with Crippen molar-refractivity contribution >= 4 is 17.6 Å². The minimum atomic E-state index is -1.13. The molecule has 0 radical (unpaired) electrons. The van der Waals surface area contributed by atoms with Crippen LogP contribution in [0.4, 0.5) is 0 Å². The zero-order valence-electron chi connectivity index (χ0n) is 7.49. The summed E-state index contributed by atoms with van der Waals surface area (Å²) in [6.45, 7) is 1.40. The van der Waals surface area contributed by atoms with Gasteiger partial charge in [0.05, 0.1) is 0 Å². The van der Waals surface area contributed by atoms with Gasteiger partial charge in [0.25, 0.3) is 5.91 Å². The van der Waals surface area contributed by atoms with Gasteiger partial charge in [0.1, 0.15) is 0 Å². The summed E-state index contributed by atoms with van der Waals surface area (Å²) in [6, 6.07) is 0. The summed E-state index contributed by atoms with van der Waals surface area (Å²) >= 11 is 0. The van der Waals surface area contributed by atoms with Gasteiger partial charge in [0.15, 0.2) is 5.92 Å². The van der Waals surface area contributed by atoms with E-state index in [-0.39, 0.29) is 0 Å². The van der Waals surface area contributed by atoms with Gasteiger partial charge in [-0.2, -0.15) is 0 Å². The first-order valence-electron chi connectivity index (χ1n) is 4.44. The van der Waals surface area contributed by atoms with E-state index in [1.165, 1.54) is 6.08 Å². The van der Waals surface area contributed by atoms with Crippen molar-refractivity contribution in [1.29, 1.82) is 0 Å². The van der Waals surface area contributed by atoms with Crippen molar-refractivity contribution in [2.45, 2.75) is 6.42 Å². The maximum Gasteiger partial charge on any atom is 0.320 e. The number of carboxylic acids is 1. The van der Waals surface area contributed by atoms with Crippen LogP contribution in [-0.4, -0.2) is 35.8 Å². The lowest BCUT2D eigenvalue weighted by Gasteiger charge is -2.22. The predicted octanol–water partition coefficient (Wildman–Crippen LogP) is -0.412. The summed E-state index contributed by atoms with van der Waals surface area (Å²) in [5.41, 5.74) is 1.59. The van der Waals surface area contributed by atoms with E-state index in [2.05, 4.69) is 10.3 Å². The molecule has 1 unspecified atom stereocenters. The van der Waals surface area contributed by atoms with Crippen LogP contribution >= 0.6 is 0 Å². The highest BCUT2D eigenvalue weighted by Gasteiger charge is 2.30. The molecule has 1 atom stereocenters. The number of nitrogens with one attached hydrogen (secondary N) is 1. The predicted molar refractivity (Wildman–Crippen MR) is 49.1 cm³/mol. The highest BCUT2D eigenvalue weighted by atomic mass is 16.4. The van der Waals surface area contributed by atoms with E-state index >= 15 is 0 Å². The van der Waals surface area contributed by atoms with Crippen molar-refractivity contribution in [3.63, 3.8) is 0 Å². The first kappa shape index (κ1) is 9.08. The van der Waals surface area contributed by atoms with Crippen LogP contribution < -0.4 is 5.32 Å². The van der Waals surface area contributed by atoms with Crippen molar-refractivity contribution in [2.24, 2.45) is 10.9 Å². The molecule has 1 fully saturated rings. The number of carboxylic acid groups (broad SMARTS) is 1. The molecule has 2 rings (SSSR count). The van der Waals surface area contributed by atoms with Gasteiger partial charge in [-0.25, -0.2) is 4.99 Å². The van der Waals surface area contributed by atoms with E-state index < -0.39 is 17.8 Å². The van der Waals surface area contributed by atoms with E-state index in [1.807, 2.05) is 0 Å². The molecular formula is C9H10N2O3. The van der Waals surface area contributed by atoms with Gasteiger partial charge < -0.3 is 10.4 Å². The van der Waals surface area contributed by atoms with Crippen LogP contribution in [0, 0.1) is 5.92 Å². The van der Waals surface area contributed by atoms with Crippen LogP contribution in [0.25, 0.3) is 0 Å². The molecule has 0 saturated carbocycles. The Morgan fingerprint density at radius 3 is 3.14 bits per heavy atom. The molecule has 0 aromatic heterocycles. The number of fused-ring (bicyclic) bond motifs is 1. The zero-order chi connectivity index (χ0) is 10.1. The second-order valence-electron chi connectivity index (χ2n) is 3.33. The molecule has 1 amide bonds. The van der Waals surface area contributed by atoms with Gasteiger partial charge >= 0.3 is 5.97 Å². The fourth-order valence-electron chi connectivity index (χ4n) is 1.63. The minimum Gasteiger partial charge on any atom is -0.480 e. The molecule has 1 saturated heterocycles. The fourth-order valence-corrected chi connectivity index (χ4v) is 1.63. The number of aliphatic carboxylic acids is 1. The molecule has 2 N–H and O–H groups in total. The highest BCUT2D eigenvalue weighted by molar-refractivity contribution is 6.14. The van der Waals surface area contributed by atoms with E-state index in [1.54, 1.807) is 0 Å². The fraction of sp³-hybridized carbons (Fsp3) is 0.444. The van der Waals surface area contributed by atoms with Gasteiger partial charge in [-0.05, 0) is 5.57 Å². The molecule has 0 aliphatic carbocycles. The maximum atomic E-state index is 11.3. The van der Waals surface area contributed by atoms with Crippen LogP contribution in [0.3, 0.4) is 0 Å². The molecule has 5 nitrogen and oxygen atoms in total. The Hall–Kier alpha value is -1.49. The topological polar surface area (TPSA) is 78.8 Å². The quantitative estimate of drug-likeness (QED) is 0.556. The maximum absolute atomic E-state index is 11.3. The Balaban J connectivity index is 2.30. The lowest BCUT2D eigenvalue weighted by molar-refractivity contribution is -0.143.